The van der Waals surface area contributed by atoms with Crippen LogP contribution in [0, 0.1) is 0 Å². The Morgan fingerprint density at radius 1 is 0.346 bits per heavy atom. The van der Waals surface area contributed by atoms with Crippen molar-refractivity contribution in [1.82, 2.24) is 0 Å². The molecule has 0 spiro atoms. The Bertz CT molecular complexity index is 1210. The van der Waals surface area contributed by atoms with Crippen LogP contribution in [0.5, 0.6) is 0 Å². The van der Waals surface area contributed by atoms with Crippen LogP contribution in [-0.4, -0.2) is 11.4 Å². The summed E-state index contributed by atoms with van der Waals surface area (Å²) in [6, 6.07) is 13.8. The summed E-state index contributed by atoms with van der Waals surface area (Å²) >= 11 is 0. The maximum Gasteiger partial charge on any atom is 0.0636 e. The monoisotopic (exact) mass is 757 g/mol. The Morgan fingerprint density at radius 3 is 0.885 bits per heavy atom. The molecule has 0 aliphatic carbocycles. The van der Waals surface area contributed by atoms with Crippen molar-refractivity contribution in [2.24, 2.45) is 9.98 Å². The van der Waals surface area contributed by atoms with Crippen molar-refractivity contribution < 1.29 is 16.5 Å². The molecule has 2 aromatic rings. The van der Waals surface area contributed by atoms with Gasteiger partial charge < -0.3 is 0 Å². The van der Waals surface area contributed by atoms with E-state index < -0.39 is 0 Å². The molecule has 52 heavy (non-hydrogen) atoms. The molecule has 0 saturated heterocycles. The third-order valence-corrected chi connectivity index (χ3v) is 11.0. The van der Waals surface area contributed by atoms with Crippen LogP contribution in [0.2, 0.25) is 0 Å². The van der Waals surface area contributed by atoms with Crippen LogP contribution in [0.4, 0.5) is 11.4 Å². The molecule has 3 heteroatoms. The molecule has 0 unspecified atom stereocenters. The number of rotatable bonds is 32. The quantitative estimate of drug-likeness (QED) is 0.0403. The second-order valence-corrected chi connectivity index (χ2v) is 15.4. The molecule has 0 aliphatic heterocycles. The first-order chi connectivity index (χ1) is 25.1. The van der Waals surface area contributed by atoms with Gasteiger partial charge in [-0.2, -0.15) is 0 Å². The van der Waals surface area contributed by atoms with E-state index in [9.17, 15) is 0 Å². The second kappa shape index (κ2) is 32.7. The zero-order valence-electron chi connectivity index (χ0n) is 35.2. The third-order valence-electron chi connectivity index (χ3n) is 11.0. The van der Waals surface area contributed by atoms with E-state index in [1.807, 2.05) is 0 Å². The summed E-state index contributed by atoms with van der Waals surface area (Å²) in [6.07, 6.45) is 38.0. The molecule has 0 fully saturated rings. The first kappa shape index (κ1) is 48.3. The molecule has 0 N–H and O–H groups in total. The molecule has 2 aromatic carbocycles. The predicted molar refractivity (Wildman–Crippen MR) is 231 cm³/mol. The molecule has 2 rings (SSSR count). The summed E-state index contributed by atoms with van der Waals surface area (Å²) in [7, 11) is 0. The van der Waals surface area contributed by atoms with Crippen LogP contribution in [0.1, 0.15) is 224 Å². The van der Waals surface area contributed by atoms with Gasteiger partial charge in [0.05, 0.1) is 22.8 Å². The van der Waals surface area contributed by atoms with Crippen molar-refractivity contribution >= 4 is 22.8 Å². The molecule has 0 bridgehead atoms. The number of hydrogen-bond acceptors (Lipinski definition) is 2. The minimum atomic E-state index is 0. The van der Waals surface area contributed by atoms with Crippen LogP contribution < -0.4 is 0 Å². The standard InChI is InChI=1S/C49H82N2.Ni/c1-7-13-15-17-19-20-21-22-23-24-25-26-27-28-29-31-33-35-49(51-47-39-37-43(10-4)45(12-6)41-47)48(34-32-30-18-16-14-8-2)50-46-38-36-42(9-3)44(11-5)40-46;/h36-41H,7-35H2,1-6H3;/b50-48+,51-49+;. The predicted octanol–water partition coefficient (Wildman–Crippen LogP) is 16.6. The molecule has 0 saturated carbocycles. The van der Waals surface area contributed by atoms with Crippen LogP contribution in [-0.2, 0) is 42.2 Å². The van der Waals surface area contributed by atoms with E-state index in [1.54, 1.807) is 0 Å². The summed E-state index contributed by atoms with van der Waals surface area (Å²) in [4.78, 5) is 10.9. The Labute approximate surface area is 334 Å². The van der Waals surface area contributed by atoms with Gasteiger partial charge >= 0.3 is 0 Å². The molecular weight excluding hydrogens is 675 g/mol. The fourth-order valence-electron chi connectivity index (χ4n) is 7.64. The van der Waals surface area contributed by atoms with E-state index in [2.05, 4.69) is 77.9 Å². The summed E-state index contributed by atoms with van der Waals surface area (Å²) in [5, 5.41) is 0. The summed E-state index contributed by atoms with van der Waals surface area (Å²) in [5.41, 5.74) is 10.5. The number of benzene rings is 2. The van der Waals surface area contributed by atoms with Gasteiger partial charge in [0.25, 0.3) is 0 Å². The topological polar surface area (TPSA) is 24.7 Å². The Kier molecular flexibility index (Phi) is 30.4. The van der Waals surface area contributed by atoms with E-state index in [-0.39, 0.29) is 16.5 Å². The largest absolute Gasteiger partial charge is 0.252 e. The fraction of sp³-hybridized carbons (Fsp3) is 0.714. The molecule has 0 radical (unpaired) electrons. The first-order valence-electron chi connectivity index (χ1n) is 22.5. The fourth-order valence-corrected chi connectivity index (χ4v) is 7.64. The zero-order chi connectivity index (χ0) is 36.8. The SMILES string of the molecule is CCCCCCCCCCCCCCCCCCCC(=N\c1ccc(CC)c(CC)c1)/C(CCCCCCCC)=N/c1ccc(CC)c(CC)c1.[Ni]. The van der Waals surface area contributed by atoms with Gasteiger partial charge in [-0.25, -0.2) is 0 Å². The van der Waals surface area contributed by atoms with Crippen LogP contribution >= 0.6 is 0 Å². The van der Waals surface area contributed by atoms with Gasteiger partial charge in [-0.15, -0.1) is 0 Å². The van der Waals surface area contributed by atoms with Gasteiger partial charge in [0.15, 0.2) is 0 Å². The molecular formula is C49H82N2Ni. The van der Waals surface area contributed by atoms with Crippen molar-refractivity contribution in [3.63, 3.8) is 0 Å². The second-order valence-electron chi connectivity index (χ2n) is 15.4. The number of nitrogens with zero attached hydrogens (tertiary/aromatic N) is 2. The Hall–Kier alpha value is -1.73. The van der Waals surface area contributed by atoms with E-state index in [0.29, 0.717) is 0 Å². The average Bonchev–Trinajstić information content (AvgIpc) is 3.16. The summed E-state index contributed by atoms with van der Waals surface area (Å²) in [5.74, 6) is 0. The van der Waals surface area contributed by atoms with Crippen molar-refractivity contribution in [3.8, 4) is 0 Å². The average molecular weight is 758 g/mol. The minimum absolute atomic E-state index is 0. The minimum Gasteiger partial charge on any atom is -0.252 e. The van der Waals surface area contributed by atoms with Gasteiger partial charge in [0.1, 0.15) is 0 Å². The number of aliphatic imine (C=N–C) groups is 2. The number of aryl methyl sites for hydroxylation is 4. The molecule has 0 aliphatic rings. The van der Waals surface area contributed by atoms with Crippen molar-refractivity contribution in [2.45, 2.75) is 228 Å². The summed E-state index contributed by atoms with van der Waals surface area (Å²) < 4.78 is 0. The normalized spacial score (nSPS) is 12.0. The first-order valence-corrected chi connectivity index (χ1v) is 22.5. The van der Waals surface area contributed by atoms with E-state index in [0.717, 1.165) is 49.9 Å². The maximum absolute atomic E-state index is 5.44. The molecule has 0 aromatic heterocycles. The van der Waals surface area contributed by atoms with Crippen molar-refractivity contribution in [1.29, 1.82) is 0 Å². The smallest absolute Gasteiger partial charge is 0.0636 e. The summed E-state index contributed by atoms with van der Waals surface area (Å²) in [6.45, 7) is 13.7. The molecule has 298 valence electrons. The number of hydrogen-bond donors (Lipinski definition) is 0. The van der Waals surface area contributed by atoms with E-state index in [1.165, 1.54) is 181 Å². The van der Waals surface area contributed by atoms with Crippen LogP contribution in [0.25, 0.3) is 0 Å². The van der Waals surface area contributed by atoms with Gasteiger partial charge in [0.2, 0.25) is 0 Å². The number of unbranched alkanes of at least 4 members (excludes halogenated alkanes) is 21. The van der Waals surface area contributed by atoms with Crippen molar-refractivity contribution in [3.05, 3.63) is 58.7 Å². The van der Waals surface area contributed by atoms with Crippen LogP contribution in [0.3, 0.4) is 0 Å². The van der Waals surface area contributed by atoms with Gasteiger partial charge in [-0.1, -0.05) is 189 Å². The molecule has 0 atom stereocenters. The van der Waals surface area contributed by atoms with Crippen molar-refractivity contribution in [2.75, 3.05) is 0 Å². The molecule has 2 nitrogen and oxygen atoms in total. The third kappa shape index (κ3) is 21.2. The van der Waals surface area contributed by atoms with Crippen LogP contribution in [0.15, 0.2) is 46.4 Å². The Morgan fingerprint density at radius 2 is 0.615 bits per heavy atom. The van der Waals surface area contributed by atoms with Gasteiger partial charge in [-0.05, 0) is 97.9 Å². The van der Waals surface area contributed by atoms with Gasteiger partial charge in [-0.3, -0.25) is 9.98 Å². The molecule has 0 heterocycles. The Balaban J connectivity index is 0.0000135. The zero-order valence-corrected chi connectivity index (χ0v) is 36.2. The van der Waals surface area contributed by atoms with Gasteiger partial charge in [0, 0.05) is 16.5 Å². The van der Waals surface area contributed by atoms with E-state index >= 15 is 0 Å². The maximum atomic E-state index is 5.44. The molecule has 0 amide bonds. The van der Waals surface area contributed by atoms with E-state index in [4.69, 9.17) is 9.98 Å².